The molecule has 3 aromatic rings. The molecule has 2 aliphatic heterocycles. The Bertz CT molecular complexity index is 1370. The largest absolute Gasteiger partial charge is 0.508 e. The summed E-state index contributed by atoms with van der Waals surface area (Å²) in [5.41, 5.74) is 2.73. The van der Waals surface area contributed by atoms with Crippen molar-refractivity contribution >= 4 is 27.7 Å². The topological polar surface area (TPSA) is 86.9 Å². The molecule has 8 heteroatoms. The molecule has 2 saturated heterocycles. The van der Waals surface area contributed by atoms with Crippen molar-refractivity contribution in [3.05, 3.63) is 69.8 Å². The van der Waals surface area contributed by atoms with E-state index in [9.17, 15) is 14.7 Å². The number of benzene rings is 2. The Hall–Kier alpha value is -3.57. The summed E-state index contributed by atoms with van der Waals surface area (Å²) in [6.45, 7) is 5.33. The predicted octanol–water partition coefficient (Wildman–Crippen LogP) is 4.99. The summed E-state index contributed by atoms with van der Waals surface area (Å²) in [4.78, 5) is 30.8. The molecule has 3 atom stereocenters. The van der Waals surface area contributed by atoms with E-state index >= 15 is 0 Å². The minimum atomic E-state index is -0.246. The van der Waals surface area contributed by atoms with Crippen molar-refractivity contribution in [3.63, 3.8) is 0 Å². The molecule has 2 aliphatic rings. The minimum Gasteiger partial charge on any atom is -0.508 e. The van der Waals surface area contributed by atoms with Gasteiger partial charge >= 0.3 is 0 Å². The molecular weight excluding hydrogens is 534 g/mol. The maximum Gasteiger partial charge on any atom is 0.259 e. The number of carbonyl (C=O) groups is 2. The van der Waals surface area contributed by atoms with E-state index in [1.165, 1.54) is 0 Å². The number of hydrogen-bond donors (Lipinski definition) is 1. The van der Waals surface area contributed by atoms with Crippen molar-refractivity contribution in [1.82, 2.24) is 15.0 Å². The summed E-state index contributed by atoms with van der Waals surface area (Å²) in [5, 5.41) is 13.7. The number of amides is 2. The number of likely N-dealkylation sites (tertiary alicyclic amines) is 2. The lowest BCUT2D eigenvalue weighted by atomic mass is 9.95. The molecule has 0 saturated carbocycles. The van der Waals surface area contributed by atoms with Gasteiger partial charge in [0.25, 0.3) is 5.91 Å². The average molecular weight is 562 g/mol. The summed E-state index contributed by atoms with van der Waals surface area (Å²) in [5.74, 6) is 6.66. The highest BCUT2D eigenvalue weighted by atomic mass is 79.9. The number of phenolic OH excluding ortho intramolecular Hbond substituents is 1. The molecule has 0 bridgehead atoms. The monoisotopic (exact) mass is 561 g/mol. The van der Waals surface area contributed by atoms with E-state index in [-0.39, 0.29) is 41.9 Å². The van der Waals surface area contributed by atoms with Crippen LogP contribution in [-0.2, 0) is 4.79 Å². The highest BCUT2D eigenvalue weighted by molar-refractivity contribution is 9.10. The minimum absolute atomic E-state index is 0.0113. The smallest absolute Gasteiger partial charge is 0.259 e. The van der Waals surface area contributed by atoms with Gasteiger partial charge in [-0.25, -0.2) is 0 Å². The van der Waals surface area contributed by atoms with Crippen LogP contribution in [0, 0.1) is 24.7 Å². The third kappa shape index (κ3) is 5.01. The van der Waals surface area contributed by atoms with E-state index in [0.717, 1.165) is 22.0 Å². The van der Waals surface area contributed by atoms with Gasteiger partial charge in [-0.3, -0.25) is 9.59 Å². The molecule has 0 spiro atoms. The number of rotatable bonds is 5. The van der Waals surface area contributed by atoms with Crippen LogP contribution in [0.2, 0.25) is 0 Å². The first-order valence-corrected chi connectivity index (χ1v) is 13.2. The second-order valence-electron chi connectivity index (χ2n) is 9.63. The molecule has 7 nitrogen and oxygen atoms in total. The van der Waals surface area contributed by atoms with Crippen LogP contribution >= 0.6 is 15.9 Å². The van der Waals surface area contributed by atoms with Crippen molar-refractivity contribution < 1.29 is 19.2 Å². The van der Waals surface area contributed by atoms with Gasteiger partial charge in [-0.15, -0.1) is 5.92 Å². The molecule has 3 heterocycles. The Morgan fingerprint density at radius 3 is 2.59 bits per heavy atom. The molecule has 5 rings (SSSR count). The van der Waals surface area contributed by atoms with Crippen LogP contribution in [0.1, 0.15) is 47.3 Å². The van der Waals surface area contributed by atoms with Gasteiger partial charge in [-0.05, 0) is 62.2 Å². The van der Waals surface area contributed by atoms with Crippen molar-refractivity contribution in [1.29, 1.82) is 0 Å². The molecular formula is C29H28BrN3O4. The second-order valence-corrected chi connectivity index (χ2v) is 10.6. The van der Waals surface area contributed by atoms with E-state index in [1.54, 1.807) is 26.0 Å². The maximum absolute atomic E-state index is 13.6. The van der Waals surface area contributed by atoms with E-state index in [1.807, 2.05) is 46.2 Å². The van der Waals surface area contributed by atoms with Crippen molar-refractivity contribution in [2.75, 3.05) is 19.6 Å². The van der Waals surface area contributed by atoms with Crippen LogP contribution in [0.3, 0.4) is 0 Å². The normalized spacial score (nSPS) is 19.3. The summed E-state index contributed by atoms with van der Waals surface area (Å²) >= 11 is 3.44. The number of halogens is 1. The number of fused-ring (bicyclic) bond motifs is 1. The quantitative estimate of drug-likeness (QED) is 0.443. The molecule has 2 fully saturated rings. The van der Waals surface area contributed by atoms with Gasteiger partial charge in [-0.1, -0.05) is 39.1 Å². The van der Waals surface area contributed by atoms with Crippen LogP contribution in [0.5, 0.6) is 5.75 Å². The Labute approximate surface area is 224 Å². The average Bonchev–Trinajstić information content (AvgIpc) is 3.58. The highest BCUT2D eigenvalue weighted by Crippen LogP contribution is 2.36. The van der Waals surface area contributed by atoms with Crippen LogP contribution in [0.25, 0.3) is 11.3 Å². The Morgan fingerprint density at radius 1 is 1.16 bits per heavy atom. The van der Waals surface area contributed by atoms with Crippen molar-refractivity contribution in [2.45, 2.75) is 38.6 Å². The van der Waals surface area contributed by atoms with E-state index in [0.29, 0.717) is 36.7 Å². The number of nitrogens with zero attached hydrogens (tertiary/aromatic N) is 3. The van der Waals surface area contributed by atoms with Gasteiger partial charge in [0, 0.05) is 42.0 Å². The highest BCUT2D eigenvalue weighted by Gasteiger charge is 2.45. The molecule has 37 heavy (non-hydrogen) atoms. The van der Waals surface area contributed by atoms with Crippen molar-refractivity contribution in [2.24, 2.45) is 5.92 Å². The van der Waals surface area contributed by atoms with Crippen LogP contribution in [0.4, 0.5) is 0 Å². The van der Waals surface area contributed by atoms with Gasteiger partial charge < -0.3 is 19.4 Å². The van der Waals surface area contributed by atoms with Crippen LogP contribution in [-0.4, -0.2) is 57.6 Å². The number of aromatic hydroxyl groups is 1. The Kier molecular flexibility index (Phi) is 7.07. The first-order valence-electron chi connectivity index (χ1n) is 12.4. The number of phenols is 1. The lowest BCUT2D eigenvalue weighted by Gasteiger charge is -2.26. The number of hydrogen-bond acceptors (Lipinski definition) is 5. The van der Waals surface area contributed by atoms with Gasteiger partial charge in [0.15, 0.2) is 5.76 Å². The van der Waals surface area contributed by atoms with E-state index < -0.39 is 0 Å². The lowest BCUT2D eigenvalue weighted by molar-refractivity contribution is -0.132. The fourth-order valence-corrected chi connectivity index (χ4v) is 5.70. The van der Waals surface area contributed by atoms with Gasteiger partial charge in [0.2, 0.25) is 5.91 Å². The second kappa shape index (κ2) is 10.4. The third-order valence-electron chi connectivity index (χ3n) is 7.33. The Balaban J connectivity index is 1.31. The van der Waals surface area contributed by atoms with E-state index in [2.05, 4.69) is 32.9 Å². The first kappa shape index (κ1) is 25.1. The third-order valence-corrected chi connectivity index (χ3v) is 7.86. The zero-order valence-electron chi connectivity index (χ0n) is 20.8. The summed E-state index contributed by atoms with van der Waals surface area (Å²) in [7, 11) is 0. The first-order chi connectivity index (χ1) is 17.9. The summed E-state index contributed by atoms with van der Waals surface area (Å²) in [6.07, 6.45) is 1.13. The SMILES string of the molecule is CC#C[C@@H](CC(=O)N1CC[C@H]2CN(C(=O)c3c(C)noc3-c3ccc(Br)cc3)C[C@H]21)c1ccc(O)cc1. The molecule has 1 aromatic heterocycles. The van der Waals surface area contributed by atoms with E-state index in [4.69, 9.17) is 4.52 Å². The lowest BCUT2D eigenvalue weighted by Crippen LogP contribution is -2.41. The molecule has 190 valence electrons. The van der Waals surface area contributed by atoms with Crippen LogP contribution in [0.15, 0.2) is 57.5 Å². The fourth-order valence-electron chi connectivity index (χ4n) is 5.44. The molecule has 1 N–H and O–H groups in total. The van der Waals surface area contributed by atoms with Crippen molar-refractivity contribution in [3.8, 4) is 28.9 Å². The summed E-state index contributed by atoms with van der Waals surface area (Å²) < 4.78 is 6.51. The van der Waals surface area contributed by atoms with Crippen LogP contribution < -0.4 is 0 Å². The Morgan fingerprint density at radius 2 is 1.89 bits per heavy atom. The van der Waals surface area contributed by atoms with Gasteiger partial charge in [0.05, 0.1) is 17.7 Å². The number of carbonyl (C=O) groups excluding carboxylic acids is 2. The molecule has 2 amide bonds. The number of aromatic nitrogens is 1. The standard InChI is InChI=1S/C29H28BrN3O4/c1-3-4-21(19-7-11-24(34)12-8-19)15-26(35)33-14-13-22-16-32(17-25(22)33)29(36)27-18(2)31-37-28(27)20-5-9-23(30)10-6-20/h5-12,21-22,25,34H,13-17H2,1-2H3/t21-,22-,25+/m0/s1. The summed E-state index contributed by atoms with van der Waals surface area (Å²) in [6, 6.07) is 14.4. The van der Waals surface area contributed by atoms with Gasteiger partial charge in [-0.2, -0.15) is 0 Å². The predicted molar refractivity (Wildman–Crippen MR) is 143 cm³/mol. The molecule has 2 aromatic carbocycles. The zero-order chi connectivity index (χ0) is 26.1. The molecule has 0 unspecified atom stereocenters. The maximum atomic E-state index is 13.6. The van der Waals surface area contributed by atoms with Gasteiger partial charge in [0.1, 0.15) is 11.3 Å². The fraction of sp³-hybridized carbons (Fsp3) is 0.345. The zero-order valence-corrected chi connectivity index (χ0v) is 22.4. The number of aryl methyl sites for hydroxylation is 1. The molecule has 0 radical (unpaired) electrons. The molecule has 0 aliphatic carbocycles.